The van der Waals surface area contributed by atoms with Gasteiger partial charge in [-0.3, -0.25) is 0 Å². The molecule has 2 heterocycles. The molecular formula is C13H9Cl6N3O. The van der Waals surface area contributed by atoms with E-state index in [1.165, 1.54) is 5.56 Å². The molecule has 10 heteroatoms. The van der Waals surface area contributed by atoms with Gasteiger partial charge in [-0.15, -0.1) is 0 Å². The highest BCUT2D eigenvalue weighted by atomic mass is 35.6. The van der Waals surface area contributed by atoms with Gasteiger partial charge in [-0.05, 0) is 11.6 Å². The molecule has 0 saturated heterocycles. The van der Waals surface area contributed by atoms with E-state index < -0.39 is 7.59 Å². The Bertz CT molecular complexity index is 619. The summed E-state index contributed by atoms with van der Waals surface area (Å²) in [4.78, 5) is 11.0. The van der Waals surface area contributed by atoms with Gasteiger partial charge < -0.3 is 4.74 Å². The number of ether oxygens (including phenoxy) is 1. The Balaban J connectivity index is 0.000000182. The molecular weight excluding hydrogens is 427 g/mol. The van der Waals surface area contributed by atoms with Crippen molar-refractivity contribution in [2.45, 2.75) is 14.0 Å². The van der Waals surface area contributed by atoms with E-state index in [2.05, 4.69) is 21.0 Å². The molecule has 1 aromatic carbocycles. The predicted molar refractivity (Wildman–Crippen MR) is 93.9 cm³/mol. The first kappa shape index (κ1) is 19.1. The monoisotopic (exact) mass is 433 g/mol. The minimum Gasteiger partial charge on any atom is -0.493 e. The summed E-state index contributed by atoms with van der Waals surface area (Å²) in [6.45, 7) is 0.860. The molecule has 1 aliphatic heterocycles. The minimum atomic E-state index is -1.77. The normalized spacial score (nSPS) is 13.7. The second-order valence-corrected chi connectivity index (χ2v) is 8.90. The van der Waals surface area contributed by atoms with Gasteiger partial charge in [0.25, 0.3) is 0 Å². The van der Waals surface area contributed by atoms with E-state index in [1.807, 2.05) is 18.2 Å². The number of para-hydroxylation sites is 1. The molecule has 0 unspecified atom stereocenters. The average molecular weight is 436 g/mol. The Hall–Kier alpha value is -0.230. The highest BCUT2D eigenvalue weighted by molar-refractivity contribution is 6.67. The van der Waals surface area contributed by atoms with E-state index in [1.54, 1.807) is 0 Å². The number of halogens is 6. The molecule has 1 aliphatic rings. The lowest BCUT2D eigenvalue weighted by atomic mass is 10.2. The zero-order valence-corrected chi connectivity index (χ0v) is 15.9. The van der Waals surface area contributed by atoms with Crippen molar-refractivity contribution >= 4 is 69.6 Å². The molecule has 2 aromatic rings. The molecule has 3 rings (SSSR count). The maximum atomic E-state index is 5.53. The fourth-order valence-corrected chi connectivity index (χ4v) is 2.24. The first-order valence-electron chi connectivity index (χ1n) is 6.22. The lowest BCUT2D eigenvalue weighted by Gasteiger charge is -2.12. The zero-order valence-electron chi connectivity index (χ0n) is 11.3. The number of nitrogens with zero attached hydrogens (tertiary/aromatic N) is 3. The van der Waals surface area contributed by atoms with E-state index in [-0.39, 0.29) is 11.6 Å². The molecule has 124 valence electrons. The van der Waals surface area contributed by atoms with Crippen LogP contribution < -0.4 is 4.74 Å². The van der Waals surface area contributed by atoms with Crippen LogP contribution in [0.3, 0.4) is 0 Å². The second-order valence-electron chi connectivity index (χ2n) is 4.33. The summed E-state index contributed by atoms with van der Waals surface area (Å²) >= 11 is 33.2. The van der Waals surface area contributed by atoms with E-state index >= 15 is 0 Å². The molecule has 0 atom stereocenters. The summed E-state index contributed by atoms with van der Waals surface area (Å²) in [5.74, 6) is 0.871. The highest BCUT2D eigenvalue weighted by Gasteiger charge is 2.32. The van der Waals surface area contributed by atoms with Crippen LogP contribution in [-0.2, 0) is 14.0 Å². The summed E-state index contributed by atoms with van der Waals surface area (Å²) in [7, 11) is 0. The SMILES string of the molecule is ClC(Cl)(Cl)c1ncnc(C(Cl)(Cl)Cl)n1.c1ccc2c(c1)CCO2. The number of benzene rings is 1. The van der Waals surface area contributed by atoms with E-state index in [0.717, 1.165) is 25.1 Å². The van der Waals surface area contributed by atoms with Crippen molar-refractivity contribution in [2.24, 2.45) is 0 Å². The van der Waals surface area contributed by atoms with Gasteiger partial charge >= 0.3 is 0 Å². The largest absolute Gasteiger partial charge is 0.493 e. The quantitative estimate of drug-likeness (QED) is 0.537. The van der Waals surface area contributed by atoms with Gasteiger partial charge in [0.05, 0.1) is 6.61 Å². The molecule has 0 bridgehead atoms. The molecule has 4 nitrogen and oxygen atoms in total. The predicted octanol–water partition coefficient (Wildman–Crippen LogP) is 5.15. The van der Waals surface area contributed by atoms with Crippen LogP contribution in [0.15, 0.2) is 30.6 Å². The highest BCUT2D eigenvalue weighted by Crippen LogP contribution is 2.39. The maximum Gasteiger partial charge on any atom is 0.250 e. The number of fused-ring (bicyclic) bond motifs is 1. The van der Waals surface area contributed by atoms with Gasteiger partial charge in [-0.2, -0.15) is 0 Å². The summed E-state index contributed by atoms with van der Waals surface area (Å²) in [5.41, 5.74) is 1.34. The summed E-state index contributed by atoms with van der Waals surface area (Å²) in [6.07, 6.45) is 2.18. The summed E-state index contributed by atoms with van der Waals surface area (Å²) < 4.78 is 1.76. The van der Waals surface area contributed by atoms with Crippen molar-refractivity contribution in [1.82, 2.24) is 15.0 Å². The lowest BCUT2D eigenvalue weighted by molar-refractivity contribution is 0.357. The molecule has 0 spiro atoms. The van der Waals surface area contributed by atoms with E-state index in [9.17, 15) is 0 Å². The van der Waals surface area contributed by atoms with Crippen LogP contribution in [0.5, 0.6) is 5.75 Å². The van der Waals surface area contributed by atoms with Gasteiger partial charge in [0.1, 0.15) is 12.1 Å². The van der Waals surface area contributed by atoms with E-state index in [4.69, 9.17) is 74.3 Å². The smallest absolute Gasteiger partial charge is 0.250 e. The van der Waals surface area contributed by atoms with Gasteiger partial charge in [0.15, 0.2) is 11.6 Å². The van der Waals surface area contributed by atoms with Crippen LogP contribution in [-0.4, -0.2) is 21.6 Å². The van der Waals surface area contributed by atoms with Crippen molar-refractivity contribution in [3.05, 3.63) is 47.8 Å². The molecule has 0 amide bonds. The van der Waals surface area contributed by atoms with Crippen molar-refractivity contribution in [1.29, 1.82) is 0 Å². The van der Waals surface area contributed by atoms with E-state index in [0.29, 0.717) is 0 Å². The van der Waals surface area contributed by atoms with Crippen molar-refractivity contribution in [3.8, 4) is 5.75 Å². The Morgan fingerprint density at radius 1 is 0.870 bits per heavy atom. The van der Waals surface area contributed by atoms with Gasteiger partial charge in [0.2, 0.25) is 7.59 Å². The van der Waals surface area contributed by atoms with Crippen LogP contribution in [0, 0.1) is 0 Å². The third-order valence-corrected chi connectivity index (χ3v) is 3.69. The third-order valence-electron chi connectivity index (χ3n) is 2.68. The first-order valence-corrected chi connectivity index (χ1v) is 8.49. The molecule has 0 radical (unpaired) electrons. The van der Waals surface area contributed by atoms with Crippen molar-refractivity contribution in [3.63, 3.8) is 0 Å². The number of rotatable bonds is 0. The zero-order chi connectivity index (χ0) is 17.1. The molecule has 0 fully saturated rings. The molecule has 0 N–H and O–H groups in total. The van der Waals surface area contributed by atoms with Crippen molar-refractivity contribution < 1.29 is 4.74 Å². The van der Waals surface area contributed by atoms with Crippen LogP contribution in [0.2, 0.25) is 0 Å². The number of hydrogen-bond donors (Lipinski definition) is 0. The van der Waals surface area contributed by atoms with Crippen molar-refractivity contribution in [2.75, 3.05) is 6.61 Å². The molecule has 1 aromatic heterocycles. The third kappa shape index (κ3) is 5.66. The van der Waals surface area contributed by atoms with Crippen LogP contribution in [0.4, 0.5) is 0 Å². The fraction of sp³-hybridized carbons (Fsp3) is 0.308. The Kier molecular flexibility index (Phi) is 6.45. The number of hydrogen-bond acceptors (Lipinski definition) is 4. The topological polar surface area (TPSA) is 47.9 Å². The fourth-order valence-electron chi connectivity index (χ4n) is 1.69. The maximum absolute atomic E-state index is 5.53. The summed E-state index contributed by atoms with van der Waals surface area (Å²) in [6, 6.07) is 8.18. The molecule has 23 heavy (non-hydrogen) atoms. The van der Waals surface area contributed by atoms with Crippen LogP contribution in [0.1, 0.15) is 17.2 Å². The van der Waals surface area contributed by atoms with Gasteiger partial charge in [-0.1, -0.05) is 87.8 Å². The number of alkyl halides is 6. The average Bonchev–Trinajstić information content (AvgIpc) is 2.95. The minimum absolute atomic E-state index is 0.0983. The standard InChI is InChI=1S/C8H8O.C5HCl6N3/c1-2-4-8-7(3-1)5-6-9-8;6-4(7,8)2-12-1-13-3(14-2)5(9,10)11/h1-4H,5-6H2;1H. The van der Waals surface area contributed by atoms with Crippen LogP contribution >= 0.6 is 69.6 Å². The second kappa shape index (κ2) is 7.77. The Morgan fingerprint density at radius 3 is 1.96 bits per heavy atom. The van der Waals surface area contributed by atoms with Gasteiger partial charge in [-0.25, -0.2) is 15.0 Å². The summed E-state index contributed by atoms with van der Waals surface area (Å²) in [5, 5.41) is 0. The Labute approximate surface area is 163 Å². The Morgan fingerprint density at radius 2 is 1.43 bits per heavy atom. The van der Waals surface area contributed by atoms with Crippen LogP contribution in [0.25, 0.3) is 0 Å². The lowest BCUT2D eigenvalue weighted by Crippen LogP contribution is -2.14. The van der Waals surface area contributed by atoms with Gasteiger partial charge in [0, 0.05) is 6.42 Å². The number of aromatic nitrogens is 3. The first-order chi connectivity index (χ1) is 10.7. The molecule has 0 saturated carbocycles. The molecule has 0 aliphatic carbocycles.